The molecule has 0 aliphatic carbocycles. The van der Waals surface area contributed by atoms with Gasteiger partial charge in [0.05, 0.1) is 14.2 Å². The molecule has 0 saturated heterocycles. The van der Waals surface area contributed by atoms with Crippen molar-refractivity contribution < 1.29 is 9.47 Å². The van der Waals surface area contributed by atoms with Gasteiger partial charge in [-0.05, 0) is 37.1 Å². The molecule has 0 radical (unpaired) electrons. The molecule has 18 heavy (non-hydrogen) atoms. The minimum atomic E-state index is 0.617. The van der Waals surface area contributed by atoms with E-state index in [0.29, 0.717) is 11.7 Å². The van der Waals surface area contributed by atoms with Crippen LogP contribution in [0.4, 0.5) is 0 Å². The first-order valence-corrected chi connectivity index (χ1v) is 6.75. The Morgan fingerprint density at radius 2 is 1.89 bits per heavy atom. The molecule has 1 rings (SSSR count). The van der Waals surface area contributed by atoms with Crippen LogP contribution in [0.2, 0.25) is 0 Å². The molecular formula is C13H20N2O2S. The van der Waals surface area contributed by atoms with E-state index < -0.39 is 0 Å². The van der Waals surface area contributed by atoms with E-state index in [-0.39, 0.29) is 0 Å². The van der Waals surface area contributed by atoms with Gasteiger partial charge in [0.2, 0.25) is 0 Å². The number of thioether (sulfide) groups is 1. The van der Waals surface area contributed by atoms with Crippen LogP contribution >= 0.6 is 11.8 Å². The molecule has 0 unspecified atom stereocenters. The summed E-state index contributed by atoms with van der Waals surface area (Å²) in [6, 6.07) is 3.96. The summed E-state index contributed by atoms with van der Waals surface area (Å²) in [6.07, 6.45) is 0. The summed E-state index contributed by atoms with van der Waals surface area (Å²) >= 11 is 1.53. The van der Waals surface area contributed by atoms with Crippen molar-refractivity contribution in [1.29, 1.82) is 0 Å². The van der Waals surface area contributed by atoms with Crippen LogP contribution in [0.25, 0.3) is 0 Å². The van der Waals surface area contributed by atoms with Crippen molar-refractivity contribution in [2.45, 2.75) is 19.6 Å². The monoisotopic (exact) mass is 268 g/mol. The SMILES string of the molecule is CCN=C(N)SCc1cc(OC)c(OC)cc1C. The van der Waals surface area contributed by atoms with Gasteiger partial charge in [-0.2, -0.15) is 0 Å². The molecule has 0 bridgehead atoms. The Morgan fingerprint density at radius 1 is 1.28 bits per heavy atom. The maximum atomic E-state index is 5.77. The second-order valence-corrected chi connectivity index (χ2v) is 4.73. The number of rotatable bonds is 5. The van der Waals surface area contributed by atoms with Crippen LogP contribution in [0.3, 0.4) is 0 Å². The molecule has 4 nitrogen and oxygen atoms in total. The molecule has 5 heteroatoms. The predicted octanol–water partition coefficient (Wildman–Crippen LogP) is 2.58. The Labute approximate surface area is 113 Å². The first-order chi connectivity index (χ1) is 8.62. The molecule has 0 aromatic heterocycles. The van der Waals surface area contributed by atoms with E-state index in [1.165, 1.54) is 17.3 Å². The van der Waals surface area contributed by atoms with Gasteiger partial charge in [-0.25, -0.2) is 0 Å². The van der Waals surface area contributed by atoms with Crippen LogP contribution in [0.15, 0.2) is 17.1 Å². The summed E-state index contributed by atoms with van der Waals surface area (Å²) < 4.78 is 10.5. The zero-order valence-electron chi connectivity index (χ0n) is 11.3. The van der Waals surface area contributed by atoms with Gasteiger partial charge in [-0.15, -0.1) is 0 Å². The number of benzene rings is 1. The van der Waals surface area contributed by atoms with Gasteiger partial charge >= 0.3 is 0 Å². The van der Waals surface area contributed by atoms with Crippen LogP contribution in [0.1, 0.15) is 18.1 Å². The highest BCUT2D eigenvalue weighted by molar-refractivity contribution is 8.13. The number of amidine groups is 1. The lowest BCUT2D eigenvalue weighted by Crippen LogP contribution is -2.07. The lowest BCUT2D eigenvalue weighted by molar-refractivity contribution is 0.354. The zero-order chi connectivity index (χ0) is 13.5. The van der Waals surface area contributed by atoms with Crippen LogP contribution < -0.4 is 15.2 Å². The quantitative estimate of drug-likeness (QED) is 0.658. The van der Waals surface area contributed by atoms with E-state index in [2.05, 4.69) is 4.99 Å². The molecular weight excluding hydrogens is 248 g/mol. The number of hydrogen-bond donors (Lipinski definition) is 1. The van der Waals surface area contributed by atoms with E-state index in [9.17, 15) is 0 Å². The molecule has 2 N–H and O–H groups in total. The summed E-state index contributed by atoms with van der Waals surface area (Å²) in [5.74, 6) is 2.27. The maximum absolute atomic E-state index is 5.77. The Bertz CT molecular complexity index is 433. The van der Waals surface area contributed by atoms with Crippen molar-refractivity contribution in [1.82, 2.24) is 0 Å². The fraction of sp³-hybridized carbons (Fsp3) is 0.462. The average Bonchev–Trinajstić information content (AvgIpc) is 2.37. The van der Waals surface area contributed by atoms with Crippen LogP contribution in [0, 0.1) is 6.92 Å². The van der Waals surface area contributed by atoms with Crippen molar-refractivity contribution >= 4 is 16.9 Å². The summed E-state index contributed by atoms with van der Waals surface area (Å²) in [6.45, 7) is 4.73. The van der Waals surface area contributed by atoms with E-state index >= 15 is 0 Å². The molecule has 0 saturated carbocycles. The molecule has 100 valence electrons. The Hall–Kier alpha value is -1.36. The van der Waals surface area contributed by atoms with Crippen LogP contribution in [0.5, 0.6) is 11.5 Å². The van der Waals surface area contributed by atoms with Crippen molar-refractivity contribution in [3.05, 3.63) is 23.3 Å². The largest absolute Gasteiger partial charge is 0.493 e. The third kappa shape index (κ3) is 3.84. The van der Waals surface area contributed by atoms with Gasteiger partial charge in [-0.1, -0.05) is 11.8 Å². The van der Waals surface area contributed by atoms with E-state index in [0.717, 1.165) is 22.8 Å². The first kappa shape index (κ1) is 14.7. The third-order valence-corrected chi connectivity index (χ3v) is 3.41. The number of hydrogen-bond acceptors (Lipinski definition) is 4. The molecule has 0 amide bonds. The molecule has 1 aromatic rings. The fourth-order valence-electron chi connectivity index (χ4n) is 1.53. The number of methoxy groups -OCH3 is 2. The van der Waals surface area contributed by atoms with Crippen molar-refractivity contribution in [2.75, 3.05) is 20.8 Å². The van der Waals surface area contributed by atoms with E-state index in [1.807, 2.05) is 26.0 Å². The third-order valence-electron chi connectivity index (χ3n) is 2.53. The van der Waals surface area contributed by atoms with Crippen molar-refractivity contribution in [3.8, 4) is 11.5 Å². The number of aryl methyl sites for hydroxylation is 1. The summed E-state index contributed by atoms with van der Waals surface area (Å²) in [5.41, 5.74) is 8.10. The summed E-state index contributed by atoms with van der Waals surface area (Å²) in [5, 5.41) is 0.617. The minimum Gasteiger partial charge on any atom is -0.493 e. The highest BCUT2D eigenvalue weighted by Crippen LogP contribution is 2.31. The van der Waals surface area contributed by atoms with Crippen molar-refractivity contribution in [2.24, 2.45) is 10.7 Å². The van der Waals surface area contributed by atoms with Gasteiger partial charge < -0.3 is 15.2 Å². The molecule has 0 aliphatic rings. The van der Waals surface area contributed by atoms with Crippen LogP contribution in [-0.4, -0.2) is 25.9 Å². The number of ether oxygens (including phenoxy) is 2. The molecule has 0 atom stereocenters. The zero-order valence-corrected chi connectivity index (χ0v) is 12.1. The van der Waals surface area contributed by atoms with E-state index in [1.54, 1.807) is 14.2 Å². The lowest BCUT2D eigenvalue weighted by atomic mass is 10.1. The minimum absolute atomic E-state index is 0.617. The first-order valence-electron chi connectivity index (χ1n) is 5.76. The van der Waals surface area contributed by atoms with Gasteiger partial charge in [0.15, 0.2) is 16.7 Å². The highest BCUT2D eigenvalue weighted by Gasteiger charge is 2.09. The number of nitrogens with zero attached hydrogens (tertiary/aromatic N) is 1. The Balaban J connectivity index is 2.86. The molecule has 1 aromatic carbocycles. The maximum Gasteiger partial charge on any atom is 0.161 e. The van der Waals surface area contributed by atoms with Gasteiger partial charge in [0.25, 0.3) is 0 Å². The standard InChI is InChI=1S/C13H20N2O2S/c1-5-15-13(14)18-8-10-7-12(17-4)11(16-3)6-9(10)2/h6-7H,5,8H2,1-4H3,(H2,14,15). The Kier molecular flexibility index (Phi) is 5.85. The molecule has 0 heterocycles. The van der Waals surface area contributed by atoms with Gasteiger partial charge in [-0.3, -0.25) is 4.99 Å². The van der Waals surface area contributed by atoms with Gasteiger partial charge in [0.1, 0.15) is 0 Å². The second-order valence-electron chi connectivity index (χ2n) is 3.73. The smallest absolute Gasteiger partial charge is 0.161 e. The lowest BCUT2D eigenvalue weighted by Gasteiger charge is -2.12. The highest BCUT2D eigenvalue weighted by atomic mass is 32.2. The number of aliphatic imine (C=N–C) groups is 1. The molecule has 0 fully saturated rings. The van der Waals surface area contributed by atoms with Crippen LogP contribution in [-0.2, 0) is 5.75 Å². The topological polar surface area (TPSA) is 56.8 Å². The molecule has 0 spiro atoms. The fourth-order valence-corrected chi connectivity index (χ4v) is 2.37. The van der Waals surface area contributed by atoms with E-state index in [4.69, 9.17) is 15.2 Å². The predicted molar refractivity (Wildman–Crippen MR) is 77.7 cm³/mol. The Morgan fingerprint density at radius 3 is 2.44 bits per heavy atom. The number of nitrogens with two attached hydrogens (primary N) is 1. The summed E-state index contributed by atoms with van der Waals surface area (Å²) in [4.78, 5) is 4.15. The molecule has 0 aliphatic heterocycles. The summed E-state index contributed by atoms with van der Waals surface area (Å²) in [7, 11) is 3.27. The average molecular weight is 268 g/mol. The second kappa shape index (κ2) is 7.16. The van der Waals surface area contributed by atoms with Gasteiger partial charge in [0, 0.05) is 12.3 Å². The normalized spacial score (nSPS) is 11.4. The van der Waals surface area contributed by atoms with Crippen molar-refractivity contribution in [3.63, 3.8) is 0 Å².